The molecule has 7 nitrogen and oxygen atoms in total. The second kappa shape index (κ2) is 6.40. The predicted octanol–water partition coefficient (Wildman–Crippen LogP) is 2.22. The first-order chi connectivity index (χ1) is 10.0. The monoisotopic (exact) mass is 353 g/mol. The number of hydrazone groups is 1. The van der Waals surface area contributed by atoms with E-state index in [0.717, 1.165) is 0 Å². The molecular formula is C13H12BrN3O4. The van der Waals surface area contributed by atoms with Crippen molar-refractivity contribution in [2.24, 2.45) is 5.10 Å². The van der Waals surface area contributed by atoms with Gasteiger partial charge in [0.15, 0.2) is 17.2 Å². The minimum atomic E-state index is -0.479. The van der Waals surface area contributed by atoms with Gasteiger partial charge in [-0.2, -0.15) is 5.10 Å². The van der Waals surface area contributed by atoms with Crippen molar-refractivity contribution < 1.29 is 19.2 Å². The van der Waals surface area contributed by atoms with Gasteiger partial charge in [0.1, 0.15) is 5.76 Å². The van der Waals surface area contributed by atoms with Crippen LogP contribution in [0.3, 0.4) is 0 Å². The van der Waals surface area contributed by atoms with E-state index in [-0.39, 0.29) is 11.4 Å². The number of hydrogen-bond acceptors (Lipinski definition) is 6. The van der Waals surface area contributed by atoms with Gasteiger partial charge in [-0.15, -0.1) is 0 Å². The zero-order valence-electron chi connectivity index (χ0n) is 11.3. The first-order valence-electron chi connectivity index (χ1n) is 5.84. The SMILES string of the molecule is COc1cc(/C=N\NC(=O)c2cc(C)on2)cc(Br)c1O. The number of carbonyl (C=O) groups excluding carboxylic acids is 1. The lowest BCUT2D eigenvalue weighted by Gasteiger charge is -2.06. The minimum absolute atomic E-state index is 0.00300. The molecule has 0 unspecified atom stereocenters. The van der Waals surface area contributed by atoms with Crippen LogP contribution in [-0.2, 0) is 0 Å². The third kappa shape index (κ3) is 3.60. The Morgan fingerprint density at radius 3 is 2.90 bits per heavy atom. The van der Waals surface area contributed by atoms with Gasteiger partial charge in [0.25, 0.3) is 5.91 Å². The first-order valence-corrected chi connectivity index (χ1v) is 6.63. The Bertz CT molecular complexity index is 697. The summed E-state index contributed by atoms with van der Waals surface area (Å²) >= 11 is 3.20. The molecule has 1 aromatic carbocycles. The van der Waals surface area contributed by atoms with Crippen molar-refractivity contribution >= 4 is 28.1 Å². The number of phenolic OH excluding ortho intramolecular Hbond substituents is 1. The van der Waals surface area contributed by atoms with Crippen molar-refractivity contribution in [3.05, 3.63) is 39.7 Å². The van der Waals surface area contributed by atoms with E-state index in [1.165, 1.54) is 19.4 Å². The number of hydrogen-bond donors (Lipinski definition) is 2. The fraction of sp³-hybridized carbons (Fsp3) is 0.154. The lowest BCUT2D eigenvalue weighted by molar-refractivity contribution is 0.0946. The quantitative estimate of drug-likeness (QED) is 0.648. The van der Waals surface area contributed by atoms with Crippen molar-refractivity contribution in [2.75, 3.05) is 7.11 Å². The molecule has 2 rings (SSSR count). The number of halogens is 1. The Hall–Kier alpha value is -2.35. The molecule has 110 valence electrons. The zero-order valence-corrected chi connectivity index (χ0v) is 12.8. The van der Waals surface area contributed by atoms with Crippen LogP contribution in [0.2, 0.25) is 0 Å². The van der Waals surface area contributed by atoms with Gasteiger partial charge in [-0.25, -0.2) is 5.43 Å². The Labute approximate surface area is 128 Å². The molecule has 0 aliphatic rings. The van der Waals surface area contributed by atoms with E-state index < -0.39 is 5.91 Å². The van der Waals surface area contributed by atoms with Crippen LogP contribution in [0.15, 0.2) is 32.3 Å². The van der Waals surface area contributed by atoms with E-state index in [1.807, 2.05) is 0 Å². The first kappa shape index (κ1) is 15.0. The van der Waals surface area contributed by atoms with E-state index >= 15 is 0 Å². The maximum Gasteiger partial charge on any atom is 0.293 e. The highest BCUT2D eigenvalue weighted by molar-refractivity contribution is 9.10. The van der Waals surface area contributed by atoms with Gasteiger partial charge in [0, 0.05) is 6.07 Å². The number of carbonyl (C=O) groups is 1. The minimum Gasteiger partial charge on any atom is -0.503 e. The standard InChI is InChI=1S/C13H12BrN3O4/c1-7-3-10(17-21-7)13(19)16-15-6-8-4-9(14)12(18)11(5-8)20-2/h3-6,18H,1-2H3,(H,16,19)/b15-6-. The van der Waals surface area contributed by atoms with E-state index in [4.69, 9.17) is 9.26 Å². The molecule has 0 bridgehead atoms. The number of nitrogens with one attached hydrogen (secondary N) is 1. The van der Waals surface area contributed by atoms with Crippen LogP contribution in [0.1, 0.15) is 21.8 Å². The van der Waals surface area contributed by atoms with Crippen LogP contribution >= 0.6 is 15.9 Å². The predicted molar refractivity (Wildman–Crippen MR) is 78.7 cm³/mol. The van der Waals surface area contributed by atoms with E-state index in [1.54, 1.807) is 19.1 Å². The molecule has 2 N–H and O–H groups in total. The molecule has 0 atom stereocenters. The second-order valence-electron chi connectivity index (χ2n) is 4.08. The van der Waals surface area contributed by atoms with Crippen LogP contribution in [0.4, 0.5) is 0 Å². The van der Waals surface area contributed by atoms with Crippen LogP contribution in [-0.4, -0.2) is 29.5 Å². The van der Waals surface area contributed by atoms with Gasteiger partial charge < -0.3 is 14.4 Å². The molecule has 0 saturated carbocycles. The zero-order chi connectivity index (χ0) is 15.4. The third-order valence-corrected chi connectivity index (χ3v) is 3.12. The highest BCUT2D eigenvalue weighted by Crippen LogP contribution is 2.34. The average Bonchev–Trinajstić information content (AvgIpc) is 2.89. The van der Waals surface area contributed by atoms with E-state index in [9.17, 15) is 9.90 Å². The molecule has 0 radical (unpaired) electrons. The maximum absolute atomic E-state index is 11.7. The number of methoxy groups -OCH3 is 1. The number of benzene rings is 1. The fourth-order valence-corrected chi connectivity index (χ4v) is 1.98. The summed E-state index contributed by atoms with van der Waals surface area (Å²) in [5.41, 5.74) is 3.10. The van der Waals surface area contributed by atoms with Gasteiger partial charge in [0.05, 0.1) is 17.8 Å². The fourth-order valence-electron chi connectivity index (χ4n) is 1.52. The Balaban J connectivity index is 2.08. The summed E-state index contributed by atoms with van der Waals surface area (Å²) < 4.78 is 10.3. The number of rotatable bonds is 4. The molecule has 0 aliphatic heterocycles. The number of amides is 1. The molecule has 1 aromatic heterocycles. The molecular weight excluding hydrogens is 342 g/mol. The summed E-state index contributed by atoms with van der Waals surface area (Å²) in [5, 5.41) is 17.1. The lowest BCUT2D eigenvalue weighted by atomic mass is 10.2. The second-order valence-corrected chi connectivity index (χ2v) is 4.93. The summed E-state index contributed by atoms with van der Waals surface area (Å²) in [6, 6.07) is 4.72. The molecule has 1 amide bonds. The lowest BCUT2D eigenvalue weighted by Crippen LogP contribution is -2.17. The molecule has 21 heavy (non-hydrogen) atoms. The summed E-state index contributed by atoms with van der Waals surface area (Å²) in [6.07, 6.45) is 1.41. The van der Waals surface area contributed by atoms with Crippen molar-refractivity contribution in [1.82, 2.24) is 10.6 Å². The number of aromatic hydroxyl groups is 1. The van der Waals surface area contributed by atoms with E-state index in [2.05, 4.69) is 31.6 Å². The topological polar surface area (TPSA) is 97.0 Å². The Morgan fingerprint density at radius 1 is 1.52 bits per heavy atom. The number of phenols is 1. The summed E-state index contributed by atoms with van der Waals surface area (Å²) in [5.74, 6) is 0.352. The summed E-state index contributed by atoms with van der Waals surface area (Å²) in [4.78, 5) is 11.7. The summed E-state index contributed by atoms with van der Waals surface area (Å²) in [7, 11) is 1.44. The van der Waals surface area contributed by atoms with Gasteiger partial charge in [-0.05, 0) is 40.5 Å². The van der Waals surface area contributed by atoms with Crippen molar-refractivity contribution in [1.29, 1.82) is 0 Å². The maximum atomic E-state index is 11.7. The van der Waals surface area contributed by atoms with Gasteiger partial charge in [-0.3, -0.25) is 4.79 Å². The Kier molecular flexibility index (Phi) is 4.59. The van der Waals surface area contributed by atoms with Gasteiger partial charge >= 0.3 is 0 Å². The Morgan fingerprint density at radius 2 is 2.29 bits per heavy atom. The van der Waals surface area contributed by atoms with Crippen molar-refractivity contribution in [2.45, 2.75) is 6.92 Å². The van der Waals surface area contributed by atoms with Crippen LogP contribution < -0.4 is 10.2 Å². The average molecular weight is 354 g/mol. The van der Waals surface area contributed by atoms with Crippen molar-refractivity contribution in [3.63, 3.8) is 0 Å². The third-order valence-electron chi connectivity index (χ3n) is 2.51. The van der Waals surface area contributed by atoms with Gasteiger partial charge in [-0.1, -0.05) is 5.16 Å². The van der Waals surface area contributed by atoms with Crippen molar-refractivity contribution in [3.8, 4) is 11.5 Å². The van der Waals surface area contributed by atoms with Crippen LogP contribution in [0.5, 0.6) is 11.5 Å². The molecule has 0 aliphatic carbocycles. The molecule has 1 heterocycles. The summed E-state index contributed by atoms with van der Waals surface area (Å²) in [6.45, 7) is 1.69. The highest BCUT2D eigenvalue weighted by atomic mass is 79.9. The normalized spacial score (nSPS) is 10.8. The molecule has 2 aromatic rings. The smallest absolute Gasteiger partial charge is 0.293 e. The van der Waals surface area contributed by atoms with Gasteiger partial charge in [0.2, 0.25) is 0 Å². The highest BCUT2D eigenvalue weighted by Gasteiger charge is 2.10. The molecule has 0 fully saturated rings. The van der Waals surface area contributed by atoms with Crippen LogP contribution in [0, 0.1) is 6.92 Å². The largest absolute Gasteiger partial charge is 0.503 e. The van der Waals surface area contributed by atoms with E-state index in [0.29, 0.717) is 21.5 Å². The molecule has 0 spiro atoms. The number of aryl methyl sites for hydroxylation is 1. The number of nitrogens with zero attached hydrogens (tertiary/aromatic N) is 2. The molecule has 0 saturated heterocycles. The molecule has 8 heteroatoms. The number of ether oxygens (including phenoxy) is 1. The number of aromatic nitrogens is 1. The van der Waals surface area contributed by atoms with Crippen LogP contribution in [0.25, 0.3) is 0 Å².